The lowest BCUT2D eigenvalue weighted by molar-refractivity contribution is -0.142. The van der Waals surface area contributed by atoms with Gasteiger partial charge in [-0.05, 0) is 25.3 Å². The van der Waals surface area contributed by atoms with Crippen molar-refractivity contribution < 1.29 is 13.6 Å². The van der Waals surface area contributed by atoms with Crippen LogP contribution in [-0.2, 0) is 4.79 Å². The van der Waals surface area contributed by atoms with Crippen LogP contribution >= 0.6 is 0 Å². The predicted octanol–water partition coefficient (Wildman–Crippen LogP) is 2.22. The van der Waals surface area contributed by atoms with Crippen LogP contribution in [0.3, 0.4) is 0 Å². The van der Waals surface area contributed by atoms with Crippen molar-refractivity contribution >= 4 is 5.91 Å². The second-order valence-electron chi connectivity index (χ2n) is 5.26. The summed E-state index contributed by atoms with van der Waals surface area (Å²) in [6, 6.07) is 0.389. The lowest BCUT2D eigenvalue weighted by Crippen LogP contribution is -2.40. The molecule has 0 radical (unpaired) electrons. The number of nitrogens with zero attached hydrogens (tertiary/aromatic N) is 2. The Balaban J connectivity index is 2.68. The van der Waals surface area contributed by atoms with Crippen LogP contribution in [0.15, 0.2) is 0 Å². The molecule has 0 N–H and O–H groups in total. The first-order chi connectivity index (χ1) is 8.47. The molecule has 1 aliphatic rings. The molecule has 1 atom stereocenters. The minimum atomic E-state index is -2.87. The number of hydrogen-bond donors (Lipinski definition) is 0. The van der Waals surface area contributed by atoms with Gasteiger partial charge in [0.25, 0.3) is 5.91 Å². The number of carbonyl (C=O) groups is 1. The SMILES string of the molecule is CCCN1CCN(C(=O)C(F)F)CCC1C(C)C. The number of rotatable bonds is 4. The number of hydrogen-bond acceptors (Lipinski definition) is 2. The number of amides is 1. The summed E-state index contributed by atoms with van der Waals surface area (Å²) in [5.74, 6) is -0.533. The highest BCUT2D eigenvalue weighted by molar-refractivity contribution is 5.79. The van der Waals surface area contributed by atoms with E-state index in [1.54, 1.807) is 0 Å². The first-order valence-corrected chi connectivity index (χ1v) is 6.78. The average molecular weight is 262 g/mol. The Morgan fingerprint density at radius 2 is 1.94 bits per heavy atom. The van der Waals surface area contributed by atoms with Crippen LogP contribution in [0.25, 0.3) is 0 Å². The minimum absolute atomic E-state index is 0.389. The lowest BCUT2D eigenvalue weighted by Gasteiger charge is -2.31. The van der Waals surface area contributed by atoms with Crippen LogP contribution in [0.4, 0.5) is 8.78 Å². The molecular formula is C13H24F2N2O. The summed E-state index contributed by atoms with van der Waals surface area (Å²) < 4.78 is 24.9. The van der Waals surface area contributed by atoms with E-state index in [-0.39, 0.29) is 0 Å². The zero-order chi connectivity index (χ0) is 13.7. The molecule has 0 aromatic rings. The largest absolute Gasteiger partial charge is 0.336 e. The summed E-state index contributed by atoms with van der Waals surface area (Å²) in [5.41, 5.74) is 0. The van der Waals surface area contributed by atoms with Crippen molar-refractivity contribution in [2.75, 3.05) is 26.2 Å². The second kappa shape index (κ2) is 7.02. The van der Waals surface area contributed by atoms with Crippen molar-refractivity contribution in [3.8, 4) is 0 Å². The Labute approximate surface area is 108 Å². The van der Waals surface area contributed by atoms with Gasteiger partial charge in [0, 0.05) is 25.7 Å². The van der Waals surface area contributed by atoms with Crippen molar-refractivity contribution in [3.05, 3.63) is 0 Å². The van der Waals surface area contributed by atoms with E-state index in [1.165, 1.54) is 4.90 Å². The first-order valence-electron chi connectivity index (χ1n) is 6.78. The Kier molecular flexibility index (Phi) is 5.99. The van der Waals surface area contributed by atoms with Gasteiger partial charge >= 0.3 is 6.43 Å². The normalized spacial score (nSPS) is 22.6. The van der Waals surface area contributed by atoms with Crippen LogP contribution < -0.4 is 0 Å². The van der Waals surface area contributed by atoms with E-state index in [2.05, 4.69) is 25.7 Å². The van der Waals surface area contributed by atoms with E-state index in [0.29, 0.717) is 31.6 Å². The third kappa shape index (κ3) is 3.90. The molecule has 5 heteroatoms. The highest BCUT2D eigenvalue weighted by atomic mass is 19.3. The van der Waals surface area contributed by atoms with Crippen LogP contribution in [0, 0.1) is 5.92 Å². The highest BCUT2D eigenvalue weighted by Gasteiger charge is 2.30. The molecule has 0 aromatic carbocycles. The number of alkyl halides is 2. The maximum absolute atomic E-state index is 12.4. The summed E-state index contributed by atoms with van der Waals surface area (Å²) in [6.07, 6.45) is -1.04. The Bertz CT molecular complexity index is 272. The smallest absolute Gasteiger partial charge is 0.315 e. The number of halogens is 2. The summed E-state index contributed by atoms with van der Waals surface area (Å²) in [4.78, 5) is 15.0. The molecule has 0 bridgehead atoms. The molecule has 0 aliphatic carbocycles. The molecule has 0 aromatic heterocycles. The molecule has 0 spiro atoms. The third-order valence-corrected chi connectivity index (χ3v) is 3.60. The Morgan fingerprint density at radius 3 is 2.44 bits per heavy atom. The maximum atomic E-state index is 12.4. The quantitative estimate of drug-likeness (QED) is 0.775. The van der Waals surface area contributed by atoms with Gasteiger partial charge in [0.1, 0.15) is 0 Å². The highest BCUT2D eigenvalue weighted by Crippen LogP contribution is 2.19. The second-order valence-corrected chi connectivity index (χ2v) is 5.26. The standard InChI is InChI=1S/C13H24F2N2O/c1-4-6-16-8-9-17(13(18)12(14)15)7-5-11(16)10(2)3/h10-12H,4-9H2,1-3H3. The molecule has 1 saturated heterocycles. The average Bonchev–Trinajstić information content (AvgIpc) is 2.51. The summed E-state index contributed by atoms with van der Waals surface area (Å²) in [6.45, 7) is 8.97. The molecule has 1 aliphatic heterocycles. The monoisotopic (exact) mass is 262 g/mol. The Hall–Kier alpha value is -0.710. The Morgan fingerprint density at radius 1 is 1.28 bits per heavy atom. The lowest BCUT2D eigenvalue weighted by atomic mass is 9.99. The van der Waals surface area contributed by atoms with Crippen LogP contribution in [-0.4, -0.2) is 54.4 Å². The number of carbonyl (C=O) groups excluding carboxylic acids is 1. The molecular weight excluding hydrogens is 238 g/mol. The molecule has 3 nitrogen and oxygen atoms in total. The zero-order valence-corrected chi connectivity index (χ0v) is 11.5. The maximum Gasteiger partial charge on any atom is 0.315 e. The van der Waals surface area contributed by atoms with E-state index >= 15 is 0 Å². The van der Waals surface area contributed by atoms with Gasteiger partial charge in [-0.2, -0.15) is 8.78 Å². The fraction of sp³-hybridized carbons (Fsp3) is 0.923. The summed E-state index contributed by atoms with van der Waals surface area (Å²) in [5, 5.41) is 0. The van der Waals surface area contributed by atoms with Crippen molar-refractivity contribution in [2.24, 2.45) is 5.92 Å². The van der Waals surface area contributed by atoms with E-state index in [4.69, 9.17) is 0 Å². The van der Waals surface area contributed by atoms with Crippen molar-refractivity contribution in [3.63, 3.8) is 0 Å². The van der Waals surface area contributed by atoms with Gasteiger partial charge in [0.05, 0.1) is 0 Å². The van der Waals surface area contributed by atoms with E-state index in [1.807, 2.05) is 0 Å². The predicted molar refractivity (Wildman–Crippen MR) is 67.7 cm³/mol. The molecule has 18 heavy (non-hydrogen) atoms. The van der Waals surface area contributed by atoms with Crippen LogP contribution in [0.2, 0.25) is 0 Å². The van der Waals surface area contributed by atoms with Crippen molar-refractivity contribution in [1.82, 2.24) is 9.80 Å². The van der Waals surface area contributed by atoms with E-state index in [0.717, 1.165) is 19.4 Å². The van der Waals surface area contributed by atoms with Crippen LogP contribution in [0.1, 0.15) is 33.6 Å². The fourth-order valence-electron chi connectivity index (χ4n) is 2.68. The molecule has 1 amide bonds. The van der Waals surface area contributed by atoms with Crippen molar-refractivity contribution in [2.45, 2.75) is 46.1 Å². The van der Waals surface area contributed by atoms with E-state index in [9.17, 15) is 13.6 Å². The third-order valence-electron chi connectivity index (χ3n) is 3.60. The van der Waals surface area contributed by atoms with Crippen LogP contribution in [0.5, 0.6) is 0 Å². The molecule has 1 rings (SSSR count). The van der Waals surface area contributed by atoms with Crippen molar-refractivity contribution in [1.29, 1.82) is 0 Å². The zero-order valence-electron chi connectivity index (χ0n) is 11.5. The van der Waals surface area contributed by atoms with Gasteiger partial charge in [0.2, 0.25) is 0 Å². The van der Waals surface area contributed by atoms with Gasteiger partial charge < -0.3 is 4.90 Å². The summed E-state index contributed by atoms with van der Waals surface area (Å²) >= 11 is 0. The first kappa shape index (κ1) is 15.3. The molecule has 1 unspecified atom stereocenters. The molecule has 1 fully saturated rings. The topological polar surface area (TPSA) is 23.6 Å². The van der Waals surface area contributed by atoms with E-state index < -0.39 is 12.3 Å². The molecule has 0 saturated carbocycles. The minimum Gasteiger partial charge on any atom is -0.336 e. The summed E-state index contributed by atoms with van der Waals surface area (Å²) in [7, 11) is 0. The molecule has 106 valence electrons. The van der Waals surface area contributed by atoms with Gasteiger partial charge in [-0.25, -0.2) is 0 Å². The van der Waals surface area contributed by atoms with Gasteiger partial charge in [0.15, 0.2) is 0 Å². The van der Waals surface area contributed by atoms with Gasteiger partial charge in [-0.1, -0.05) is 20.8 Å². The fourth-order valence-corrected chi connectivity index (χ4v) is 2.68. The van der Waals surface area contributed by atoms with Gasteiger partial charge in [-0.3, -0.25) is 9.69 Å². The van der Waals surface area contributed by atoms with Gasteiger partial charge in [-0.15, -0.1) is 0 Å². The molecule has 1 heterocycles.